The Bertz CT molecular complexity index is 1370. The zero-order valence-electron chi connectivity index (χ0n) is 20.2. The largest absolute Gasteiger partial charge is 0.350 e. The van der Waals surface area contributed by atoms with Crippen LogP contribution in [0, 0.1) is 17.2 Å². The molecule has 2 aliphatic rings. The summed E-state index contributed by atoms with van der Waals surface area (Å²) in [5.74, 6) is -3.29. The number of nitrogens with zero attached hydrogens (tertiary/aromatic N) is 4. The van der Waals surface area contributed by atoms with E-state index in [2.05, 4.69) is 21.8 Å². The lowest BCUT2D eigenvalue weighted by Crippen LogP contribution is -2.41. The van der Waals surface area contributed by atoms with Crippen molar-refractivity contribution in [1.29, 1.82) is 5.26 Å². The molecule has 2 fully saturated rings. The van der Waals surface area contributed by atoms with Crippen LogP contribution in [-0.2, 0) is 18.3 Å². The van der Waals surface area contributed by atoms with Crippen molar-refractivity contribution in [1.82, 2.24) is 14.5 Å². The normalized spacial score (nSPS) is 19.9. The smallest absolute Gasteiger partial charge is 0.248 e. The Labute approximate surface area is 208 Å². The average molecular weight is 491 g/mol. The number of ketones is 1. The van der Waals surface area contributed by atoms with Gasteiger partial charge in [0, 0.05) is 68.6 Å². The summed E-state index contributed by atoms with van der Waals surface area (Å²) >= 11 is 0. The van der Waals surface area contributed by atoms with Crippen molar-refractivity contribution in [3.8, 4) is 6.07 Å². The van der Waals surface area contributed by atoms with Crippen molar-refractivity contribution in [3.05, 3.63) is 65.1 Å². The van der Waals surface area contributed by atoms with Gasteiger partial charge in [0.05, 0.1) is 11.6 Å². The molecule has 1 amide bonds. The first-order valence-electron chi connectivity index (χ1n) is 12.4. The number of pyridine rings is 1. The van der Waals surface area contributed by atoms with E-state index in [4.69, 9.17) is 5.26 Å². The number of benzene rings is 1. The Hall–Kier alpha value is -3.60. The van der Waals surface area contributed by atoms with E-state index in [0.717, 1.165) is 29.3 Å². The van der Waals surface area contributed by atoms with E-state index in [-0.39, 0.29) is 49.0 Å². The van der Waals surface area contributed by atoms with Crippen LogP contribution in [0.2, 0.25) is 0 Å². The quantitative estimate of drug-likeness (QED) is 0.471. The van der Waals surface area contributed by atoms with E-state index in [0.29, 0.717) is 18.7 Å². The molecule has 186 valence electrons. The van der Waals surface area contributed by atoms with Gasteiger partial charge in [-0.25, -0.2) is 8.78 Å². The molecule has 2 aromatic heterocycles. The van der Waals surface area contributed by atoms with Gasteiger partial charge in [-0.15, -0.1) is 0 Å². The summed E-state index contributed by atoms with van der Waals surface area (Å²) in [7, 11) is 1.99. The van der Waals surface area contributed by atoms with Crippen molar-refractivity contribution < 1.29 is 18.4 Å². The first kappa shape index (κ1) is 24.1. The molecule has 3 aromatic rings. The van der Waals surface area contributed by atoms with Gasteiger partial charge in [-0.2, -0.15) is 5.26 Å². The number of alkyl halides is 2. The van der Waals surface area contributed by atoms with Crippen LogP contribution >= 0.6 is 0 Å². The maximum Gasteiger partial charge on any atom is 0.248 e. The Balaban J connectivity index is 1.30. The summed E-state index contributed by atoms with van der Waals surface area (Å²) < 4.78 is 29.3. The lowest BCUT2D eigenvalue weighted by atomic mass is 9.88. The van der Waals surface area contributed by atoms with Crippen molar-refractivity contribution in [2.24, 2.45) is 13.0 Å². The van der Waals surface area contributed by atoms with Crippen LogP contribution in [0.4, 0.5) is 8.78 Å². The molecule has 1 saturated heterocycles. The Kier molecular flexibility index (Phi) is 6.33. The van der Waals surface area contributed by atoms with E-state index in [9.17, 15) is 18.4 Å². The van der Waals surface area contributed by atoms with Crippen LogP contribution < -0.4 is 0 Å². The standard InChI is InChI=1S/C28H28F2N4O2/c1-33-17-23(20-6-10-34(11-7-20)27(36)21-4-8-28(29,30)15-21)22-12-18(2-3-25(22)33)14-26(35)24-13-19(16-31)5-9-32-24/h2-3,5,9,12-13,17,20-21H,4,6-8,10-11,14-15H2,1H3. The molecule has 1 aliphatic carbocycles. The summed E-state index contributed by atoms with van der Waals surface area (Å²) in [4.78, 5) is 31.5. The molecule has 0 radical (unpaired) electrons. The maximum absolute atomic E-state index is 13.6. The molecule has 1 atom stereocenters. The highest BCUT2D eigenvalue weighted by atomic mass is 19.3. The van der Waals surface area contributed by atoms with Crippen molar-refractivity contribution in [3.63, 3.8) is 0 Å². The van der Waals surface area contributed by atoms with Crippen molar-refractivity contribution >= 4 is 22.6 Å². The van der Waals surface area contributed by atoms with Gasteiger partial charge in [0.15, 0.2) is 5.78 Å². The predicted molar refractivity (Wildman–Crippen MR) is 131 cm³/mol. The summed E-state index contributed by atoms with van der Waals surface area (Å²) in [6, 6.07) is 11.1. The summed E-state index contributed by atoms with van der Waals surface area (Å²) in [6.45, 7) is 1.14. The highest BCUT2D eigenvalue weighted by molar-refractivity contribution is 5.97. The second kappa shape index (κ2) is 9.45. The zero-order valence-corrected chi connectivity index (χ0v) is 20.2. The second-order valence-electron chi connectivity index (χ2n) is 10.1. The molecular formula is C28H28F2N4O2. The van der Waals surface area contributed by atoms with Crippen molar-refractivity contribution in [2.45, 2.75) is 50.4 Å². The maximum atomic E-state index is 13.6. The number of aromatic nitrogens is 2. The average Bonchev–Trinajstić information content (AvgIpc) is 3.42. The molecule has 3 heterocycles. The molecular weight excluding hydrogens is 462 g/mol. The minimum atomic E-state index is -2.71. The van der Waals surface area contributed by atoms with Gasteiger partial charge in [-0.1, -0.05) is 6.07 Å². The number of carbonyl (C=O) groups excluding carboxylic acids is 2. The molecule has 1 saturated carbocycles. The fourth-order valence-electron chi connectivity index (χ4n) is 5.66. The highest BCUT2D eigenvalue weighted by Crippen LogP contribution is 2.41. The highest BCUT2D eigenvalue weighted by Gasteiger charge is 2.44. The summed E-state index contributed by atoms with van der Waals surface area (Å²) in [5.41, 5.74) is 3.81. The fourth-order valence-corrected chi connectivity index (χ4v) is 5.66. The topological polar surface area (TPSA) is 79.0 Å². The van der Waals surface area contributed by atoms with Crippen LogP contribution in [0.1, 0.15) is 65.2 Å². The molecule has 8 heteroatoms. The van der Waals surface area contributed by atoms with Gasteiger partial charge >= 0.3 is 0 Å². The molecule has 0 bridgehead atoms. The lowest BCUT2D eigenvalue weighted by molar-refractivity contribution is -0.137. The number of Topliss-reactive ketones (excluding diaryl/α,β-unsaturated/α-hetero) is 1. The summed E-state index contributed by atoms with van der Waals surface area (Å²) in [6.07, 6.45) is 5.09. The number of likely N-dealkylation sites (tertiary alicyclic amines) is 1. The number of aryl methyl sites for hydroxylation is 1. The Morgan fingerprint density at radius 2 is 1.94 bits per heavy atom. The van der Waals surface area contributed by atoms with Gasteiger partial charge in [-0.3, -0.25) is 14.6 Å². The second-order valence-corrected chi connectivity index (χ2v) is 10.1. The minimum Gasteiger partial charge on any atom is -0.350 e. The zero-order chi connectivity index (χ0) is 25.4. The minimum absolute atomic E-state index is 0.126. The van der Waals surface area contributed by atoms with E-state index >= 15 is 0 Å². The number of amides is 1. The van der Waals surface area contributed by atoms with Gasteiger partial charge in [0.25, 0.3) is 0 Å². The third kappa shape index (κ3) is 4.75. The number of halogens is 2. The van der Waals surface area contributed by atoms with E-state index in [1.54, 1.807) is 11.0 Å². The first-order chi connectivity index (χ1) is 17.2. The molecule has 36 heavy (non-hydrogen) atoms. The number of hydrogen-bond acceptors (Lipinski definition) is 4. The van der Waals surface area contributed by atoms with Crippen LogP contribution in [-0.4, -0.2) is 45.2 Å². The molecule has 1 aliphatic heterocycles. The molecule has 1 aromatic carbocycles. The number of hydrogen-bond donors (Lipinski definition) is 0. The molecule has 1 unspecified atom stereocenters. The fraction of sp³-hybridized carbons (Fsp3) is 0.429. The Morgan fingerprint density at radius 3 is 2.64 bits per heavy atom. The van der Waals surface area contributed by atoms with Gasteiger partial charge in [-0.05, 0) is 60.6 Å². The van der Waals surface area contributed by atoms with Crippen LogP contribution in [0.15, 0.2) is 42.7 Å². The third-order valence-electron chi connectivity index (χ3n) is 7.62. The third-order valence-corrected chi connectivity index (χ3v) is 7.62. The number of piperidine rings is 1. The monoisotopic (exact) mass is 490 g/mol. The molecule has 0 N–H and O–H groups in total. The van der Waals surface area contributed by atoms with Gasteiger partial charge < -0.3 is 9.47 Å². The van der Waals surface area contributed by atoms with Crippen LogP contribution in [0.5, 0.6) is 0 Å². The number of carbonyl (C=O) groups is 2. The number of rotatable bonds is 5. The number of nitriles is 1. The van der Waals surface area contributed by atoms with Crippen LogP contribution in [0.3, 0.4) is 0 Å². The van der Waals surface area contributed by atoms with E-state index in [1.165, 1.54) is 17.8 Å². The van der Waals surface area contributed by atoms with Gasteiger partial charge in [0.2, 0.25) is 11.8 Å². The predicted octanol–water partition coefficient (Wildman–Crippen LogP) is 5.01. The lowest BCUT2D eigenvalue weighted by Gasteiger charge is -2.33. The summed E-state index contributed by atoms with van der Waals surface area (Å²) in [5, 5.41) is 10.2. The van der Waals surface area contributed by atoms with Crippen molar-refractivity contribution in [2.75, 3.05) is 13.1 Å². The first-order valence-corrected chi connectivity index (χ1v) is 12.4. The molecule has 5 rings (SSSR count). The van der Waals surface area contributed by atoms with E-state index in [1.807, 2.05) is 25.2 Å². The molecule has 0 spiro atoms. The Morgan fingerprint density at radius 1 is 1.17 bits per heavy atom. The van der Waals surface area contributed by atoms with E-state index < -0.39 is 11.8 Å². The SMILES string of the molecule is Cn1cc(C2CCN(C(=O)C3CCC(F)(F)C3)CC2)c2cc(CC(=O)c3cc(C#N)ccn3)ccc21. The van der Waals surface area contributed by atoms with Gasteiger partial charge in [0.1, 0.15) is 5.69 Å². The molecule has 6 nitrogen and oxygen atoms in total. The number of fused-ring (bicyclic) bond motifs is 1. The van der Waals surface area contributed by atoms with Crippen LogP contribution in [0.25, 0.3) is 10.9 Å².